The van der Waals surface area contributed by atoms with Gasteiger partial charge in [0.2, 0.25) is 0 Å². The van der Waals surface area contributed by atoms with Crippen LogP contribution in [-0.2, 0) is 6.54 Å². The Morgan fingerprint density at radius 1 is 1.59 bits per heavy atom. The Morgan fingerprint density at radius 3 is 2.82 bits per heavy atom. The van der Waals surface area contributed by atoms with E-state index in [0.29, 0.717) is 11.8 Å². The highest BCUT2D eigenvalue weighted by molar-refractivity contribution is 7.99. The van der Waals surface area contributed by atoms with Gasteiger partial charge < -0.3 is 10.4 Å². The molecule has 1 aromatic carbocycles. The molecular formula is C12H16FNO2S. The Kier molecular flexibility index (Phi) is 5.44. The number of rotatable bonds is 6. The van der Waals surface area contributed by atoms with E-state index in [1.165, 1.54) is 12.1 Å². The standard InChI is InChI=1S/C12H16FNO2S/c1-8(17-2)6-14-7-9-3-4-10(12(15)16)11(13)5-9/h3-5,8,14H,6-7H2,1-2H3,(H,15,16). The molecule has 0 bridgehead atoms. The summed E-state index contributed by atoms with van der Waals surface area (Å²) >= 11 is 1.76. The quantitative estimate of drug-likeness (QED) is 0.821. The minimum absolute atomic E-state index is 0.286. The number of nitrogens with one attached hydrogen (secondary N) is 1. The number of hydrogen-bond acceptors (Lipinski definition) is 3. The third-order valence-corrected chi connectivity index (χ3v) is 3.40. The van der Waals surface area contributed by atoms with E-state index in [-0.39, 0.29) is 5.56 Å². The van der Waals surface area contributed by atoms with E-state index in [1.54, 1.807) is 17.8 Å². The second kappa shape index (κ2) is 6.61. The van der Waals surface area contributed by atoms with Crippen molar-refractivity contribution in [3.63, 3.8) is 0 Å². The average molecular weight is 257 g/mol. The SMILES string of the molecule is CSC(C)CNCc1ccc(C(=O)O)c(F)c1. The van der Waals surface area contributed by atoms with Crippen molar-refractivity contribution in [3.05, 3.63) is 35.1 Å². The average Bonchev–Trinajstić information content (AvgIpc) is 2.28. The largest absolute Gasteiger partial charge is 0.478 e. The van der Waals surface area contributed by atoms with Crippen molar-refractivity contribution >= 4 is 17.7 Å². The lowest BCUT2D eigenvalue weighted by atomic mass is 10.1. The van der Waals surface area contributed by atoms with Gasteiger partial charge in [0.15, 0.2) is 0 Å². The number of carboxylic acid groups (broad SMARTS) is 1. The van der Waals surface area contributed by atoms with Gasteiger partial charge in [-0.3, -0.25) is 0 Å². The zero-order valence-corrected chi connectivity index (χ0v) is 10.7. The van der Waals surface area contributed by atoms with Gasteiger partial charge in [-0.15, -0.1) is 0 Å². The summed E-state index contributed by atoms with van der Waals surface area (Å²) in [6.07, 6.45) is 2.04. The maximum Gasteiger partial charge on any atom is 0.338 e. The summed E-state index contributed by atoms with van der Waals surface area (Å²) in [7, 11) is 0. The van der Waals surface area contributed by atoms with Gasteiger partial charge in [-0.05, 0) is 24.0 Å². The summed E-state index contributed by atoms with van der Waals surface area (Å²) in [4.78, 5) is 10.6. The predicted octanol–water partition coefficient (Wildman–Crippen LogP) is 2.37. The lowest BCUT2D eigenvalue weighted by molar-refractivity contribution is 0.0692. The molecule has 3 nitrogen and oxygen atoms in total. The molecule has 0 spiro atoms. The van der Waals surface area contributed by atoms with Crippen LogP contribution in [0.5, 0.6) is 0 Å². The molecule has 1 rings (SSSR count). The van der Waals surface area contributed by atoms with Gasteiger partial charge in [-0.1, -0.05) is 13.0 Å². The van der Waals surface area contributed by atoms with E-state index < -0.39 is 11.8 Å². The third-order valence-electron chi connectivity index (χ3n) is 2.43. The molecule has 94 valence electrons. The van der Waals surface area contributed by atoms with Crippen molar-refractivity contribution in [3.8, 4) is 0 Å². The molecule has 1 aromatic rings. The molecule has 0 saturated heterocycles. The molecule has 0 aliphatic heterocycles. The molecule has 17 heavy (non-hydrogen) atoms. The first-order chi connectivity index (χ1) is 8.04. The Morgan fingerprint density at radius 2 is 2.29 bits per heavy atom. The lowest BCUT2D eigenvalue weighted by Gasteiger charge is -2.10. The van der Waals surface area contributed by atoms with Gasteiger partial charge in [-0.25, -0.2) is 9.18 Å². The van der Waals surface area contributed by atoms with Gasteiger partial charge in [0, 0.05) is 18.3 Å². The molecule has 1 unspecified atom stereocenters. The predicted molar refractivity (Wildman–Crippen MR) is 68.0 cm³/mol. The Bertz CT molecular complexity index is 398. The van der Waals surface area contributed by atoms with Crippen molar-refractivity contribution in [2.45, 2.75) is 18.7 Å². The number of halogens is 1. The van der Waals surface area contributed by atoms with Crippen molar-refractivity contribution in [2.24, 2.45) is 0 Å². The van der Waals surface area contributed by atoms with E-state index in [2.05, 4.69) is 12.2 Å². The summed E-state index contributed by atoms with van der Waals surface area (Å²) in [5.41, 5.74) is 0.465. The summed E-state index contributed by atoms with van der Waals surface area (Å²) in [5, 5.41) is 12.4. The molecule has 0 heterocycles. The highest BCUT2D eigenvalue weighted by atomic mass is 32.2. The van der Waals surface area contributed by atoms with Crippen LogP contribution in [0.1, 0.15) is 22.8 Å². The highest BCUT2D eigenvalue weighted by Gasteiger charge is 2.10. The van der Waals surface area contributed by atoms with Crippen LogP contribution < -0.4 is 5.32 Å². The number of benzene rings is 1. The van der Waals surface area contributed by atoms with Gasteiger partial charge in [0.1, 0.15) is 5.82 Å². The minimum Gasteiger partial charge on any atom is -0.478 e. The van der Waals surface area contributed by atoms with Crippen LogP contribution >= 0.6 is 11.8 Å². The molecule has 1 atom stereocenters. The molecule has 0 saturated carbocycles. The van der Waals surface area contributed by atoms with E-state index in [1.807, 2.05) is 6.26 Å². The zero-order chi connectivity index (χ0) is 12.8. The van der Waals surface area contributed by atoms with Crippen molar-refractivity contribution in [1.29, 1.82) is 0 Å². The van der Waals surface area contributed by atoms with E-state index >= 15 is 0 Å². The van der Waals surface area contributed by atoms with Gasteiger partial charge >= 0.3 is 5.97 Å². The number of aromatic carboxylic acids is 1. The highest BCUT2D eigenvalue weighted by Crippen LogP contribution is 2.11. The molecule has 0 aliphatic rings. The Balaban J connectivity index is 2.56. The molecule has 2 N–H and O–H groups in total. The number of carboxylic acids is 1. The fourth-order valence-electron chi connectivity index (χ4n) is 1.35. The molecule has 0 amide bonds. The van der Waals surface area contributed by atoms with Crippen LogP contribution in [0.15, 0.2) is 18.2 Å². The second-order valence-electron chi connectivity index (χ2n) is 3.80. The zero-order valence-electron chi connectivity index (χ0n) is 9.87. The number of hydrogen-bond donors (Lipinski definition) is 2. The van der Waals surface area contributed by atoms with E-state index in [4.69, 9.17) is 5.11 Å². The first kappa shape index (κ1) is 14.0. The van der Waals surface area contributed by atoms with Crippen LogP contribution in [-0.4, -0.2) is 29.1 Å². The van der Waals surface area contributed by atoms with Crippen molar-refractivity contribution in [1.82, 2.24) is 5.32 Å². The smallest absolute Gasteiger partial charge is 0.338 e. The van der Waals surface area contributed by atoms with E-state index in [9.17, 15) is 9.18 Å². The Labute approximate surface area is 104 Å². The molecule has 0 aromatic heterocycles. The second-order valence-corrected chi connectivity index (χ2v) is 5.07. The maximum absolute atomic E-state index is 13.3. The van der Waals surface area contributed by atoms with E-state index in [0.717, 1.165) is 12.1 Å². The van der Waals surface area contributed by atoms with Crippen molar-refractivity contribution in [2.75, 3.05) is 12.8 Å². The van der Waals surface area contributed by atoms with Crippen LogP contribution in [0.25, 0.3) is 0 Å². The fraction of sp³-hybridized carbons (Fsp3) is 0.417. The van der Waals surface area contributed by atoms with Crippen LogP contribution in [0.3, 0.4) is 0 Å². The third kappa shape index (κ3) is 4.36. The van der Waals surface area contributed by atoms with Crippen LogP contribution in [0, 0.1) is 5.82 Å². The van der Waals surface area contributed by atoms with Crippen LogP contribution in [0.2, 0.25) is 0 Å². The van der Waals surface area contributed by atoms with Gasteiger partial charge in [0.25, 0.3) is 0 Å². The molecule has 0 aliphatic carbocycles. The number of thioether (sulfide) groups is 1. The molecule has 5 heteroatoms. The van der Waals surface area contributed by atoms with Gasteiger partial charge in [0.05, 0.1) is 5.56 Å². The van der Waals surface area contributed by atoms with Gasteiger partial charge in [-0.2, -0.15) is 11.8 Å². The van der Waals surface area contributed by atoms with Crippen LogP contribution in [0.4, 0.5) is 4.39 Å². The molecule has 0 fully saturated rings. The minimum atomic E-state index is -1.24. The Hall–Kier alpha value is -1.07. The summed E-state index contributed by atoms with van der Waals surface area (Å²) in [6, 6.07) is 4.19. The summed E-state index contributed by atoms with van der Waals surface area (Å²) in [5.74, 6) is -1.92. The summed E-state index contributed by atoms with van der Waals surface area (Å²) in [6.45, 7) is 3.48. The number of carbonyl (C=O) groups is 1. The topological polar surface area (TPSA) is 49.3 Å². The first-order valence-corrected chi connectivity index (χ1v) is 6.58. The molecule has 0 radical (unpaired) electrons. The lowest BCUT2D eigenvalue weighted by Crippen LogP contribution is -2.22. The normalized spacial score (nSPS) is 12.4. The fourth-order valence-corrected chi connectivity index (χ4v) is 1.63. The maximum atomic E-state index is 13.3. The molecular weight excluding hydrogens is 241 g/mol. The first-order valence-electron chi connectivity index (χ1n) is 5.29. The summed E-state index contributed by atoms with van der Waals surface area (Å²) < 4.78 is 13.3. The van der Waals surface area contributed by atoms with Crippen molar-refractivity contribution < 1.29 is 14.3 Å². The monoisotopic (exact) mass is 257 g/mol.